The lowest BCUT2D eigenvalue weighted by atomic mass is 10.2. The molecule has 3 heterocycles. The number of thiazole rings is 1. The highest BCUT2D eigenvalue weighted by Crippen LogP contribution is 2.30. The molecule has 1 aliphatic rings. The van der Waals surface area contributed by atoms with Crippen molar-refractivity contribution < 1.29 is 4.74 Å². The molecule has 2 aromatic heterocycles. The zero-order chi connectivity index (χ0) is 18.1. The molecule has 0 aliphatic carbocycles. The summed E-state index contributed by atoms with van der Waals surface area (Å²) in [5.41, 5.74) is 4.73. The summed E-state index contributed by atoms with van der Waals surface area (Å²) in [6.45, 7) is 6.55. The highest BCUT2D eigenvalue weighted by molar-refractivity contribution is 7.07. The Morgan fingerprint density at radius 1 is 1.15 bits per heavy atom. The average molecular weight is 369 g/mol. The van der Waals surface area contributed by atoms with E-state index in [0.29, 0.717) is 6.54 Å². The van der Waals surface area contributed by atoms with Crippen LogP contribution >= 0.6 is 11.3 Å². The number of fused-ring (bicyclic) bond motifs is 1. The molecule has 2 unspecified atom stereocenters. The molecule has 0 N–H and O–H groups in total. The van der Waals surface area contributed by atoms with Crippen LogP contribution in [0.25, 0.3) is 11.0 Å². The summed E-state index contributed by atoms with van der Waals surface area (Å²) in [4.78, 5) is 18.7. The van der Waals surface area contributed by atoms with Crippen molar-refractivity contribution in [2.45, 2.75) is 32.6 Å². The van der Waals surface area contributed by atoms with Gasteiger partial charge in [-0.2, -0.15) is 0 Å². The normalized spacial score (nSPS) is 20.5. The number of rotatable bonds is 4. The predicted molar refractivity (Wildman–Crippen MR) is 106 cm³/mol. The summed E-state index contributed by atoms with van der Waals surface area (Å²) >= 11 is 1.61. The first-order valence-corrected chi connectivity index (χ1v) is 9.80. The minimum absolute atomic E-state index is 0.170. The van der Waals surface area contributed by atoms with E-state index in [1.165, 1.54) is 0 Å². The number of hydrogen-bond acceptors (Lipinski definition) is 7. The van der Waals surface area contributed by atoms with Gasteiger partial charge in [0.2, 0.25) is 0 Å². The number of anilines is 2. The van der Waals surface area contributed by atoms with Crippen LogP contribution in [-0.4, -0.2) is 47.3 Å². The van der Waals surface area contributed by atoms with Gasteiger partial charge in [-0.05, 0) is 26.0 Å². The van der Waals surface area contributed by atoms with Gasteiger partial charge in [0.15, 0.2) is 11.6 Å². The van der Waals surface area contributed by atoms with Crippen LogP contribution in [-0.2, 0) is 11.3 Å². The van der Waals surface area contributed by atoms with Gasteiger partial charge >= 0.3 is 0 Å². The third-order valence-electron chi connectivity index (χ3n) is 4.50. The maximum absolute atomic E-state index is 5.90. The van der Waals surface area contributed by atoms with E-state index < -0.39 is 0 Å². The van der Waals surface area contributed by atoms with Crippen molar-refractivity contribution in [2.24, 2.45) is 0 Å². The molecule has 0 saturated carbocycles. The number of ether oxygens (including phenoxy) is 1. The summed E-state index contributed by atoms with van der Waals surface area (Å²) in [5.74, 6) is 1.81. The van der Waals surface area contributed by atoms with Gasteiger partial charge in [-0.25, -0.2) is 15.0 Å². The lowest BCUT2D eigenvalue weighted by Crippen LogP contribution is -2.46. The highest BCUT2D eigenvalue weighted by atomic mass is 32.1. The molecule has 0 spiro atoms. The largest absolute Gasteiger partial charge is 0.372 e. The van der Waals surface area contributed by atoms with Crippen LogP contribution in [0.3, 0.4) is 0 Å². The van der Waals surface area contributed by atoms with E-state index in [1.54, 1.807) is 11.3 Å². The van der Waals surface area contributed by atoms with Gasteiger partial charge in [-0.15, -0.1) is 11.3 Å². The van der Waals surface area contributed by atoms with Gasteiger partial charge < -0.3 is 14.5 Å². The van der Waals surface area contributed by atoms with Crippen molar-refractivity contribution in [1.82, 2.24) is 15.0 Å². The van der Waals surface area contributed by atoms with Gasteiger partial charge in [0.05, 0.1) is 41.0 Å². The Balaban J connectivity index is 1.75. The van der Waals surface area contributed by atoms with Gasteiger partial charge in [-0.1, -0.05) is 12.1 Å². The Kier molecular flexibility index (Phi) is 4.74. The van der Waals surface area contributed by atoms with Crippen LogP contribution in [0.5, 0.6) is 0 Å². The van der Waals surface area contributed by atoms with Gasteiger partial charge in [0, 0.05) is 25.5 Å². The molecule has 0 radical (unpaired) electrons. The van der Waals surface area contributed by atoms with Gasteiger partial charge in [0.1, 0.15) is 0 Å². The molecule has 1 aliphatic heterocycles. The molecule has 1 aromatic carbocycles. The Morgan fingerprint density at radius 3 is 2.50 bits per heavy atom. The zero-order valence-corrected chi connectivity index (χ0v) is 16.1. The maximum Gasteiger partial charge on any atom is 0.172 e. The minimum Gasteiger partial charge on any atom is -0.372 e. The molecule has 7 heteroatoms. The van der Waals surface area contributed by atoms with E-state index in [-0.39, 0.29) is 12.2 Å². The van der Waals surface area contributed by atoms with Crippen molar-refractivity contribution >= 4 is 34.0 Å². The van der Waals surface area contributed by atoms with Crippen molar-refractivity contribution in [3.05, 3.63) is 40.8 Å². The summed E-state index contributed by atoms with van der Waals surface area (Å²) in [5, 5.41) is 2.07. The number of nitrogens with zero attached hydrogens (tertiary/aromatic N) is 5. The molecule has 1 saturated heterocycles. The van der Waals surface area contributed by atoms with Gasteiger partial charge in [0.25, 0.3) is 0 Å². The Morgan fingerprint density at radius 2 is 1.85 bits per heavy atom. The van der Waals surface area contributed by atoms with Crippen LogP contribution in [0.15, 0.2) is 35.2 Å². The van der Waals surface area contributed by atoms with Crippen molar-refractivity contribution in [1.29, 1.82) is 0 Å². The minimum atomic E-state index is 0.170. The first-order valence-electron chi connectivity index (χ1n) is 8.85. The molecular formula is C19H23N5OS. The molecule has 1 fully saturated rings. The number of aromatic nitrogens is 3. The molecule has 6 nitrogen and oxygen atoms in total. The number of para-hydroxylation sites is 2. The van der Waals surface area contributed by atoms with Crippen LogP contribution in [0.4, 0.5) is 11.6 Å². The average Bonchev–Trinajstić information content (AvgIpc) is 3.12. The highest BCUT2D eigenvalue weighted by Gasteiger charge is 2.27. The fraction of sp³-hybridized carbons (Fsp3) is 0.421. The standard InChI is InChI=1S/C19H23N5OS/c1-13-8-24(9-14(2)25-13)19-18(23(3)10-15-11-26-12-20-15)21-16-6-4-5-7-17(16)22-19/h4-7,11-14H,8-10H2,1-3H3. The third kappa shape index (κ3) is 3.50. The molecule has 0 amide bonds. The summed E-state index contributed by atoms with van der Waals surface area (Å²) in [6, 6.07) is 8.03. The topological polar surface area (TPSA) is 54.4 Å². The quantitative estimate of drug-likeness (QED) is 0.703. The predicted octanol–water partition coefficient (Wildman–Crippen LogP) is 3.34. The molecular weight excluding hydrogens is 346 g/mol. The SMILES string of the molecule is CC1CN(c2nc3ccccc3nc2N(C)Cc2cscn2)CC(C)O1. The molecule has 26 heavy (non-hydrogen) atoms. The number of benzene rings is 1. The monoisotopic (exact) mass is 369 g/mol. The summed E-state index contributed by atoms with van der Waals surface area (Å²) < 4.78 is 5.90. The summed E-state index contributed by atoms with van der Waals surface area (Å²) in [6.07, 6.45) is 0.340. The molecule has 4 rings (SSSR count). The fourth-order valence-electron chi connectivity index (χ4n) is 3.43. The van der Waals surface area contributed by atoms with E-state index in [2.05, 4.69) is 41.1 Å². The Labute approximate surface area is 157 Å². The second kappa shape index (κ2) is 7.17. The van der Waals surface area contributed by atoms with E-state index in [9.17, 15) is 0 Å². The van der Waals surface area contributed by atoms with Crippen molar-refractivity contribution in [3.8, 4) is 0 Å². The number of morpholine rings is 1. The van der Waals surface area contributed by atoms with E-state index >= 15 is 0 Å². The van der Waals surface area contributed by atoms with E-state index in [0.717, 1.165) is 41.5 Å². The van der Waals surface area contributed by atoms with Crippen molar-refractivity contribution in [3.63, 3.8) is 0 Å². The molecule has 0 bridgehead atoms. The van der Waals surface area contributed by atoms with E-state index in [4.69, 9.17) is 14.7 Å². The summed E-state index contributed by atoms with van der Waals surface area (Å²) in [7, 11) is 2.05. The zero-order valence-electron chi connectivity index (χ0n) is 15.3. The van der Waals surface area contributed by atoms with Crippen LogP contribution in [0.1, 0.15) is 19.5 Å². The van der Waals surface area contributed by atoms with E-state index in [1.807, 2.05) is 29.8 Å². The van der Waals surface area contributed by atoms with Crippen LogP contribution in [0, 0.1) is 0 Å². The lowest BCUT2D eigenvalue weighted by molar-refractivity contribution is -0.00542. The maximum atomic E-state index is 5.90. The second-order valence-electron chi connectivity index (χ2n) is 6.86. The number of hydrogen-bond donors (Lipinski definition) is 0. The van der Waals surface area contributed by atoms with Crippen LogP contribution in [0.2, 0.25) is 0 Å². The first-order chi connectivity index (χ1) is 12.6. The Bertz CT molecular complexity index is 875. The third-order valence-corrected chi connectivity index (χ3v) is 5.13. The molecule has 136 valence electrons. The van der Waals surface area contributed by atoms with Gasteiger partial charge in [-0.3, -0.25) is 0 Å². The molecule has 2 atom stereocenters. The molecule has 3 aromatic rings. The fourth-order valence-corrected chi connectivity index (χ4v) is 3.98. The van der Waals surface area contributed by atoms with Crippen LogP contribution < -0.4 is 9.80 Å². The smallest absolute Gasteiger partial charge is 0.172 e. The van der Waals surface area contributed by atoms with Crippen molar-refractivity contribution in [2.75, 3.05) is 29.9 Å². The Hall–Kier alpha value is -2.25. The second-order valence-corrected chi connectivity index (χ2v) is 7.58. The first kappa shape index (κ1) is 17.2. The lowest BCUT2D eigenvalue weighted by Gasteiger charge is -2.37.